The smallest absolute Gasteiger partial charge is 0.134 e. The van der Waals surface area contributed by atoms with Crippen LogP contribution in [0.2, 0.25) is 0 Å². The SMILES string of the molecule is CCCCc1ccc2c(F)c(C3CCc4ccc(F)cc4C3)ccc2c1. The van der Waals surface area contributed by atoms with E-state index in [4.69, 9.17) is 0 Å². The molecule has 4 rings (SSSR count). The van der Waals surface area contributed by atoms with Crippen molar-refractivity contribution in [1.82, 2.24) is 0 Å². The molecule has 1 aliphatic rings. The van der Waals surface area contributed by atoms with Crippen LogP contribution >= 0.6 is 0 Å². The van der Waals surface area contributed by atoms with E-state index in [9.17, 15) is 4.39 Å². The van der Waals surface area contributed by atoms with Gasteiger partial charge < -0.3 is 0 Å². The van der Waals surface area contributed by atoms with Crippen molar-refractivity contribution in [3.63, 3.8) is 0 Å². The average molecular weight is 350 g/mol. The molecule has 0 fully saturated rings. The van der Waals surface area contributed by atoms with Crippen molar-refractivity contribution in [1.29, 1.82) is 0 Å². The van der Waals surface area contributed by atoms with Crippen molar-refractivity contribution in [2.24, 2.45) is 0 Å². The number of hydrogen-bond acceptors (Lipinski definition) is 0. The van der Waals surface area contributed by atoms with Gasteiger partial charge in [-0.25, -0.2) is 8.78 Å². The molecule has 0 radical (unpaired) electrons. The summed E-state index contributed by atoms with van der Waals surface area (Å²) in [7, 11) is 0. The van der Waals surface area contributed by atoms with Crippen LogP contribution in [-0.4, -0.2) is 0 Å². The highest BCUT2D eigenvalue weighted by molar-refractivity contribution is 5.84. The Morgan fingerprint density at radius 2 is 1.85 bits per heavy atom. The van der Waals surface area contributed by atoms with Crippen molar-refractivity contribution in [2.45, 2.75) is 51.4 Å². The van der Waals surface area contributed by atoms with Crippen LogP contribution in [0.1, 0.15) is 54.4 Å². The Labute approximate surface area is 153 Å². The first-order valence-electron chi connectivity index (χ1n) is 9.64. The number of unbranched alkanes of at least 4 members (excludes halogenated alkanes) is 1. The second-order valence-corrected chi connectivity index (χ2v) is 7.48. The highest BCUT2D eigenvalue weighted by atomic mass is 19.1. The Morgan fingerprint density at radius 1 is 0.962 bits per heavy atom. The minimum absolute atomic E-state index is 0.102. The zero-order chi connectivity index (χ0) is 18.1. The summed E-state index contributed by atoms with van der Waals surface area (Å²) in [5, 5.41) is 1.68. The minimum atomic E-state index is -0.206. The molecule has 0 aromatic heterocycles. The van der Waals surface area contributed by atoms with E-state index in [1.807, 2.05) is 24.3 Å². The largest absolute Gasteiger partial charge is 0.207 e. The van der Waals surface area contributed by atoms with Gasteiger partial charge in [0.2, 0.25) is 0 Å². The van der Waals surface area contributed by atoms with Crippen LogP contribution in [-0.2, 0) is 19.3 Å². The number of fused-ring (bicyclic) bond motifs is 2. The molecule has 0 spiro atoms. The molecule has 1 atom stereocenters. The average Bonchev–Trinajstić information content (AvgIpc) is 2.66. The van der Waals surface area contributed by atoms with Gasteiger partial charge >= 0.3 is 0 Å². The number of benzene rings is 3. The molecular weight excluding hydrogens is 326 g/mol. The van der Waals surface area contributed by atoms with E-state index in [1.165, 1.54) is 17.2 Å². The maximum absolute atomic E-state index is 15.2. The lowest BCUT2D eigenvalue weighted by Gasteiger charge is -2.25. The third-order valence-electron chi connectivity index (χ3n) is 5.70. The molecule has 3 aromatic rings. The van der Waals surface area contributed by atoms with Crippen LogP contribution in [0.15, 0.2) is 48.5 Å². The van der Waals surface area contributed by atoms with E-state index in [2.05, 4.69) is 19.1 Å². The summed E-state index contributed by atoms with van der Waals surface area (Å²) in [5.74, 6) is -0.189. The summed E-state index contributed by atoms with van der Waals surface area (Å²) in [6, 6.07) is 15.1. The molecule has 0 saturated carbocycles. The maximum Gasteiger partial charge on any atom is 0.134 e. The Morgan fingerprint density at radius 3 is 2.69 bits per heavy atom. The lowest BCUT2D eigenvalue weighted by molar-refractivity contribution is 0.535. The first-order chi connectivity index (χ1) is 12.7. The molecule has 0 N–H and O–H groups in total. The fourth-order valence-corrected chi connectivity index (χ4v) is 4.20. The topological polar surface area (TPSA) is 0 Å². The maximum atomic E-state index is 15.2. The molecule has 1 unspecified atom stereocenters. The monoisotopic (exact) mass is 350 g/mol. The molecule has 134 valence electrons. The van der Waals surface area contributed by atoms with Gasteiger partial charge in [-0.15, -0.1) is 0 Å². The predicted octanol–water partition coefficient (Wildman–Crippen LogP) is 6.73. The summed E-state index contributed by atoms with van der Waals surface area (Å²) < 4.78 is 28.8. The van der Waals surface area contributed by atoms with E-state index in [0.717, 1.165) is 48.6 Å². The zero-order valence-corrected chi connectivity index (χ0v) is 15.2. The normalized spacial score (nSPS) is 16.7. The molecule has 2 heteroatoms. The number of aryl methyl sites for hydroxylation is 2. The van der Waals surface area contributed by atoms with Gasteiger partial charge in [-0.05, 0) is 77.8 Å². The Balaban J connectivity index is 1.66. The van der Waals surface area contributed by atoms with Gasteiger partial charge in [0.05, 0.1) is 0 Å². The van der Waals surface area contributed by atoms with Gasteiger partial charge in [-0.2, -0.15) is 0 Å². The predicted molar refractivity (Wildman–Crippen MR) is 104 cm³/mol. The summed E-state index contributed by atoms with van der Waals surface area (Å²) in [5.41, 5.74) is 4.27. The Bertz CT molecular complexity index is 942. The van der Waals surface area contributed by atoms with Gasteiger partial charge in [-0.1, -0.05) is 49.7 Å². The second-order valence-electron chi connectivity index (χ2n) is 7.48. The second kappa shape index (κ2) is 7.19. The summed E-state index contributed by atoms with van der Waals surface area (Å²) in [4.78, 5) is 0. The lowest BCUT2D eigenvalue weighted by atomic mass is 9.79. The minimum Gasteiger partial charge on any atom is -0.207 e. The number of hydrogen-bond donors (Lipinski definition) is 0. The molecular formula is C24H24F2. The summed E-state index contributed by atoms with van der Waals surface area (Å²) >= 11 is 0. The van der Waals surface area contributed by atoms with Gasteiger partial charge in [0.15, 0.2) is 0 Å². The van der Waals surface area contributed by atoms with E-state index in [1.54, 1.807) is 6.07 Å². The summed E-state index contributed by atoms with van der Waals surface area (Å²) in [6.07, 6.45) is 5.87. The third-order valence-corrected chi connectivity index (χ3v) is 5.70. The van der Waals surface area contributed by atoms with Crippen LogP contribution in [0.25, 0.3) is 10.8 Å². The van der Waals surface area contributed by atoms with Crippen LogP contribution in [0.5, 0.6) is 0 Å². The van der Waals surface area contributed by atoms with Gasteiger partial charge in [0.1, 0.15) is 11.6 Å². The van der Waals surface area contributed by atoms with Gasteiger partial charge in [-0.3, -0.25) is 0 Å². The molecule has 0 nitrogen and oxygen atoms in total. The molecule has 0 aliphatic heterocycles. The fourth-order valence-electron chi connectivity index (χ4n) is 4.20. The Hall–Kier alpha value is -2.22. The molecule has 0 saturated heterocycles. The number of halogens is 2. The van der Waals surface area contributed by atoms with E-state index in [0.29, 0.717) is 11.8 Å². The van der Waals surface area contributed by atoms with Crippen molar-refractivity contribution in [3.8, 4) is 0 Å². The van der Waals surface area contributed by atoms with Gasteiger partial charge in [0.25, 0.3) is 0 Å². The van der Waals surface area contributed by atoms with Crippen molar-refractivity contribution >= 4 is 10.8 Å². The highest BCUT2D eigenvalue weighted by Gasteiger charge is 2.23. The van der Waals surface area contributed by atoms with Crippen LogP contribution < -0.4 is 0 Å². The van der Waals surface area contributed by atoms with Crippen molar-refractivity contribution in [3.05, 3.63) is 82.4 Å². The highest BCUT2D eigenvalue weighted by Crippen LogP contribution is 2.36. The van der Waals surface area contributed by atoms with Crippen molar-refractivity contribution < 1.29 is 8.78 Å². The van der Waals surface area contributed by atoms with Crippen LogP contribution in [0.3, 0.4) is 0 Å². The van der Waals surface area contributed by atoms with Crippen LogP contribution in [0, 0.1) is 11.6 Å². The molecule has 0 bridgehead atoms. The lowest BCUT2D eigenvalue weighted by Crippen LogP contribution is -2.14. The molecule has 0 amide bonds. The summed E-state index contributed by atoms with van der Waals surface area (Å²) in [6.45, 7) is 2.18. The Kier molecular flexibility index (Phi) is 4.76. The van der Waals surface area contributed by atoms with Crippen molar-refractivity contribution in [2.75, 3.05) is 0 Å². The molecule has 26 heavy (non-hydrogen) atoms. The number of rotatable bonds is 4. The quantitative estimate of drug-likeness (QED) is 0.489. The first kappa shape index (κ1) is 17.2. The standard InChI is InChI=1S/C24H24F2/c1-2-3-4-16-5-11-22-18(13-16)9-12-23(24(22)26)19-7-6-17-8-10-21(25)15-20(17)14-19/h5,8-13,15,19H,2-4,6-7,14H2,1H3. The van der Waals surface area contributed by atoms with Gasteiger partial charge in [0, 0.05) is 5.39 Å². The zero-order valence-electron chi connectivity index (χ0n) is 15.2. The van der Waals surface area contributed by atoms with Crippen LogP contribution in [0.4, 0.5) is 8.78 Å². The molecule has 0 heterocycles. The molecule has 3 aromatic carbocycles. The van der Waals surface area contributed by atoms with E-state index >= 15 is 4.39 Å². The van der Waals surface area contributed by atoms with E-state index < -0.39 is 0 Å². The first-order valence-corrected chi connectivity index (χ1v) is 9.64. The molecule has 1 aliphatic carbocycles. The van der Waals surface area contributed by atoms with E-state index in [-0.39, 0.29) is 17.6 Å². The fraction of sp³-hybridized carbons (Fsp3) is 0.333. The third kappa shape index (κ3) is 3.25.